The summed E-state index contributed by atoms with van der Waals surface area (Å²) in [5.41, 5.74) is 7.01. The molecule has 36 heavy (non-hydrogen) atoms. The lowest BCUT2D eigenvalue weighted by molar-refractivity contribution is 0.0630. The Bertz CT molecular complexity index is 1460. The van der Waals surface area contributed by atoms with Crippen LogP contribution in [-0.4, -0.2) is 53.7 Å². The van der Waals surface area contributed by atoms with Gasteiger partial charge in [-0.25, -0.2) is 4.98 Å². The van der Waals surface area contributed by atoms with E-state index in [0.29, 0.717) is 13.1 Å². The van der Waals surface area contributed by atoms with Crippen molar-refractivity contribution in [3.05, 3.63) is 89.0 Å². The van der Waals surface area contributed by atoms with Crippen LogP contribution in [0.1, 0.15) is 27.0 Å². The smallest absolute Gasteiger partial charge is 0.254 e. The maximum absolute atomic E-state index is 13.8. The summed E-state index contributed by atoms with van der Waals surface area (Å²) in [5.74, 6) is 1.69. The quantitative estimate of drug-likeness (QED) is 0.402. The Kier molecular flexibility index (Phi) is 5.82. The van der Waals surface area contributed by atoms with Gasteiger partial charge in [0.05, 0.1) is 16.8 Å². The highest BCUT2D eigenvalue weighted by Gasteiger charge is 2.25. The number of para-hydroxylation sites is 1. The first-order valence-corrected chi connectivity index (χ1v) is 12.4. The van der Waals surface area contributed by atoms with E-state index < -0.39 is 0 Å². The summed E-state index contributed by atoms with van der Waals surface area (Å²) in [6.45, 7) is 8.32. The number of pyridine rings is 1. The molecule has 0 saturated carbocycles. The second-order valence-electron chi connectivity index (χ2n) is 9.65. The zero-order valence-electron chi connectivity index (χ0n) is 20.7. The second-order valence-corrected chi connectivity index (χ2v) is 9.65. The number of aryl methyl sites for hydroxylation is 2. The number of carbonyl (C=O) groups is 1. The van der Waals surface area contributed by atoms with Crippen molar-refractivity contribution in [1.29, 1.82) is 0 Å². The molecule has 0 atom stereocenters. The van der Waals surface area contributed by atoms with Gasteiger partial charge in [0.1, 0.15) is 0 Å². The molecule has 4 aromatic rings. The van der Waals surface area contributed by atoms with Crippen LogP contribution < -0.4 is 9.47 Å². The maximum atomic E-state index is 13.8. The minimum Gasteiger partial charge on any atom is -0.454 e. The Labute approximate surface area is 211 Å². The standard InChI is InChI=1S/C30H29N3O3/c1-20-7-8-21(2)24(15-20)27-17-25(23-5-3-4-6-26(23)31-27)30(34)33-13-11-32(12-14-33)18-22-9-10-28-29(16-22)36-19-35-28/h3-10,15-17H,11-14,18-19H2,1-2H3. The summed E-state index contributed by atoms with van der Waals surface area (Å²) in [6.07, 6.45) is 0. The van der Waals surface area contributed by atoms with E-state index in [2.05, 4.69) is 49.1 Å². The highest BCUT2D eigenvalue weighted by atomic mass is 16.7. The molecule has 0 bridgehead atoms. The molecule has 1 aromatic heterocycles. The van der Waals surface area contributed by atoms with Crippen LogP contribution in [-0.2, 0) is 6.54 Å². The lowest BCUT2D eigenvalue weighted by atomic mass is 9.98. The number of piperazine rings is 1. The first kappa shape index (κ1) is 22.6. The molecule has 0 aliphatic carbocycles. The van der Waals surface area contributed by atoms with Crippen LogP contribution >= 0.6 is 0 Å². The predicted octanol–water partition coefficient (Wildman–Crippen LogP) is 5.21. The second kappa shape index (κ2) is 9.28. The van der Waals surface area contributed by atoms with Crippen molar-refractivity contribution in [1.82, 2.24) is 14.8 Å². The topological polar surface area (TPSA) is 54.9 Å². The zero-order chi connectivity index (χ0) is 24.6. The molecule has 0 radical (unpaired) electrons. The SMILES string of the molecule is Cc1ccc(C)c(-c2cc(C(=O)N3CCN(Cc4ccc5c(c4)OCO5)CC3)c3ccccc3n2)c1. The van der Waals surface area contributed by atoms with Crippen LogP contribution in [0.4, 0.5) is 0 Å². The summed E-state index contributed by atoms with van der Waals surface area (Å²) in [4.78, 5) is 23.1. The van der Waals surface area contributed by atoms with Gasteiger partial charge in [0.2, 0.25) is 6.79 Å². The van der Waals surface area contributed by atoms with Crippen molar-refractivity contribution in [2.24, 2.45) is 0 Å². The molecule has 3 aromatic carbocycles. The predicted molar refractivity (Wildman–Crippen MR) is 140 cm³/mol. The Balaban J connectivity index is 1.23. The molecular weight excluding hydrogens is 450 g/mol. The van der Waals surface area contributed by atoms with E-state index in [1.54, 1.807) is 0 Å². The average molecular weight is 480 g/mol. The normalized spacial score (nSPS) is 15.4. The van der Waals surface area contributed by atoms with Crippen LogP contribution in [0, 0.1) is 13.8 Å². The van der Waals surface area contributed by atoms with E-state index >= 15 is 0 Å². The lowest BCUT2D eigenvalue weighted by Crippen LogP contribution is -2.48. The number of hydrogen-bond donors (Lipinski definition) is 0. The van der Waals surface area contributed by atoms with Crippen molar-refractivity contribution in [2.75, 3.05) is 33.0 Å². The number of benzene rings is 3. The highest BCUT2D eigenvalue weighted by Crippen LogP contribution is 2.33. The van der Waals surface area contributed by atoms with E-state index in [1.165, 1.54) is 11.1 Å². The molecule has 0 unspecified atom stereocenters. The van der Waals surface area contributed by atoms with E-state index in [9.17, 15) is 4.79 Å². The van der Waals surface area contributed by atoms with Gasteiger partial charge in [-0.3, -0.25) is 9.69 Å². The molecule has 2 aliphatic rings. The maximum Gasteiger partial charge on any atom is 0.254 e. The van der Waals surface area contributed by atoms with Gasteiger partial charge >= 0.3 is 0 Å². The number of nitrogens with zero attached hydrogens (tertiary/aromatic N) is 3. The number of ether oxygens (including phenoxy) is 2. The van der Waals surface area contributed by atoms with E-state index in [-0.39, 0.29) is 12.7 Å². The van der Waals surface area contributed by atoms with E-state index in [0.717, 1.165) is 64.4 Å². The Morgan fingerprint density at radius 2 is 1.69 bits per heavy atom. The lowest BCUT2D eigenvalue weighted by Gasteiger charge is -2.35. The average Bonchev–Trinajstić information content (AvgIpc) is 3.37. The van der Waals surface area contributed by atoms with Gasteiger partial charge < -0.3 is 14.4 Å². The summed E-state index contributed by atoms with van der Waals surface area (Å²) < 4.78 is 10.9. The fraction of sp³-hybridized carbons (Fsp3) is 0.267. The first-order valence-electron chi connectivity index (χ1n) is 12.4. The molecule has 0 spiro atoms. The van der Waals surface area contributed by atoms with E-state index in [1.807, 2.05) is 41.3 Å². The number of fused-ring (bicyclic) bond motifs is 2. The van der Waals surface area contributed by atoms with Crippen molar-refractivity contribution in [2.45, 2.75) is 20.4 Å². The van der Waals surface area contributed by atoms with Gasteiger partial charge in [-0.1, -0.05) is 42.0 Å². The Hall–Kier alpha value is -3.90. The van der Waals surface area contributed by atoms with Crippen LogP contribution in [0.15, 0.2) is 66.7 Å². The van der Waals surface area contributed by atoms with Crippen LogP contribution in [0.5, 0.6) is 11.5 Å². The van der Waals surface area contributed by atoms with Gasteiger partial charge in [-0.05, 0) is 55.3 Å². The van der Waals surface area contributed by atoms with Gasteiger partial charge in [0.25, 0.3) is 5.91 Å². The number of hydrogen-bond acceptors (Lipinski definition) is 5. The van der Waals surface area contributed by atoms with Crippen LogP contribution in [0.3, 0.4) is 0 Å². The molecule has 6 rings (SSSR count). The Morgan fingerprint density at radius 1 is 0.889 bits per heavy atom. The molecule has 2 aliphatic heterocycles. The van der Waals surface area contributed by atoms with Crippen molar-refractivity contribution in [3.63, 3.8) is 0 Å². The number of rotatable bonds is 4. The summed E-state index contributed by atoms with van der Waals surface area (Å²) in [5, 5.41) is 0.902. The zero-order valence-corrected chi connectivity index (χ0v) is 20.7. The molecule has 0 N–H and O–H groups in total. The summed E-state index contributed by atoms with van der Waals surface area (Å²) in [7, 11) is 0. The van der Waals surface area contributed by atoms with Crippen LogP contribution in [0.2, 0.25) is 0 Å². The third-order valence-electron chi connectivity index (χ3n) is 7.12. The number of aromatic nitrogens is 1. The molecule has 1 saturated heterocycles. The summed E-state index contributed by atoms with van der Waals surface area (Å²) >= 11 is 0. The number of carbonyl (C=O) groups excluding carboxylic acids is 1. The Morgan fingerprint density at radius 3 is 2.56 bits per heavy atom. The molecule has 6 nitrogen and oxygen atoms in total. The minimum atomic E-state index is 0.0721. The first-order chi connectivity index (χ1) is 17.5. The highest BCUT2D eigenvalue weighted by molar-refractivity contribution is 6.07. The molecule has 182 valence electrons. The third kappa shape index (κ3) is 4.29. The summed E-state index contributed by atoms with van der Waals surface area (Å²) in [6, 6.07) is 22.4. The van der Waals surface area contributed by atoms with Gasteiger partial charge in [0.15, 0.2) is 11.5 Å². The fourth-order valence-electron chi connectivity index (χ4n) is 5.08. The van der Waals surface area contributed by atoms with E-state index in [4.69, 9.17) is 14.5 Å². The monoisotopic (exact) mass is 479 g/mol. The fourth-order valence-corrected chi connectivity index (χ4v) is 5.08. The molecule has 3 heterocycles. The van der Waals surface area contributed by atoms with Crippen molar-refractivity contribution < 1.29 is 14.3 Å². The minimum absolute atomic E-state index is 0.0721. The molecule has 1 fully saturated rings. The molecular formula is C30H29N3O3. The molecule has 6 heteroatoms. The van der Waals surface area contributed by atoms with Gasteiger partial charge in [-0.2, -0.15) is 0 Å². The number of amides is 1. The van der Waals surface area contributed by atoms with Gasteiger partial charge in [-0.15, -0.1) is 0 Å². The van der Waals surface area contributed by atoms with Crippen LogP contribution in [0.25, 0.3) is 22.2 Å². The largest absolute Gasteiger partial charge is 0.454 e. The molecule has 1 amide bonds. The van der Waals surface area contributed by atoms with Crippen molar-refractivity contribution in [3.8, 4) is 22.8 Å². The van der Waals surface area contributed by atoms with Crippen molar-refractivity contribution >= 4 is 16.8 Å². The third-order valence-corrected chi connectivity index (χ3v) is 7.12. The van der Waals surface area contributed by atoms with Gasteiger partial charge in [0, 0.05) is 43.7 Å².